The minimum atomic E-state index is -0.677. The van der Waals surface area contributed by atoms with Gasteiger partial charge in [-0.15, -0.1) is 0 Å². The smallest absolute Gasteiger partial charge is 0.331 e. The Bertz CT molecular complexity index is 845. The highest BCUT2D eigenvalue weighted by Gasteiger charge is 2.09. The predicted octanol–water partition coefficient (Wildman–Crippen LogP) is 4.21. The number of esters is 1. The number of ether oxygens (including phenoxy) is 3. The third kappa shape index (κ3) is 6.51. The van der Waals surface area contributed by atoms with Crippen LogP contribution in [0.2, 0.25) is 10.0 Å². The summed E-state index contributed by atoms with van der Waals surface area (Å²) in [6.07, 6.45) is 2.73. The lowest BCUT2D eigenvalue weighted by Gasteiger charge is -2.08. The Labute approximate surface area is 166 Å². The summed E-state index contributed by atoms with van der Waals surface area (Å²) in [5, 5.41) is 3.27. The monoisotopic (exact) mass is 409 g/mol. The normalized spacial score (nSPS) is 10.5. The molecule has 0 fully saturated rings. The molecule has 0 aliphatic heterocycles. The average Bonchev–Trinajstić information content (AvgIpc) is 2.67. The van der Waals surface area contributed by atoms with Gasteiger partial charge in [-0.05, 0) is 42.0 Å². The first kappa shape index (κ1) is 20.6. The van der Waals surface area contributed by atoms with E-state index in [2.05, 4.69) is 5.32 Å². The lowest BCUT2D eigenvalue weighted by atomic mass is 10.2. The summed E-state index contributed by atoms with van der Waals surface area (Å²) < 4.78 is 15.2. The third-order valence-electron chi connectivity index (χ3n) is 3.33. The lowest BCUT2D eigenvalue weighted by molar-refractivity contribution is -0.142. The van der Waals surface area contributed by atoms with Gasteiger partial charge >= 0.3 is 5.97 Å². The maximum absolute atomic E-state index is 11.9. The number of amides is 1. The van der Waals surface area contributed by atoms with Crippen molar-refractivity contribution in [2.24, 2.45) is 0 Å². The van der Waals surface area contributed by atoms with Gasteiger partial charge in [0.1, 0.15) is 11.5 Å². The second-order valence-corrected chi connectivity index (χ2v) is 6.10. The van der Waals surface area contributed by atoms with Crippen LogP contribution in [0.4, 0.5) is 5.69 Å². The minimum absolute atomic E-state index is 0.325. The molecule has 2 aromatic carbocycles. The van der Waals surface area contributed by atoms with E-state index in [1.807, 2.05) is 0 Å². The Balaban J connectivity index is 1.91. The summed E-state index contributed by atoms with van der Waals surface area (Å²) in [5.41, 5.74) is 1.02. The molecule has 6 nitrogen and oxygen atoms in total. The van der Waals surface area contributed by atoms with Gasteiger partial charge in [-0.3, -0.25) is 4.79 Å². The van der Waals surface area contributed by atoms with Crippen LogP contribution in [0.1, 0.15) is 5.56 Å². The number of halogens is 2. The van der Waals surface area contributed by atoms with E-state index in [1.54, 1.807) is 30.3 Å². The molecule has 0 bridgehead atoms. The molecule has 1 amide bonds. The van der Waals surface area contributed by atoms with E-state index in [0.29, 0.717) is 32.8 Å². The van der Waals surface area contributed by atoms with Crippen molar-refractivity contribution >= 4 is 46.8 Å². The third-order valence-corrected chi connectivity index (χ3v) is 3.90. The minimum Gasteiger partial charge on any atom is -0.497 e. The van der Waals surface area contributed by atoms with Crippen LogP contribution < -0.4 is 14.8 Å². The van der Waals surface area contributed by atoms with Crippen LogP contribution in [0.5, 0.6) is 11.5 Å². The lowest BCUT2D eigenvalue weighted by Crippen LogP contribution is -2.20. The number of nitrogens with one attached hydrogen (secondary N) is 1. The molecule has 142 valence electrons. The fourth-order valence-electron chi connectivity index (χ4n) is 2.05. The molecule has 2 aromatic rings. The number of anilines is 1. The Morgan fingerprint density at radius 2 is 1.70 bits per heavy atom. The fraction of sp³-hybridized carbons (Fsp3) is 0.158. The molecule has 27 heavy (non-hydrogen) atoms. The highest BCUT2D eigenvalue weighted by Crippen LogP contribution is 2.25. The largest absolute Gasteiger partial charge is 0.497 e. The van der Waals surface area contributed by atoms with Crippen LogP contribution in [-0.4, -0.2) is 32.7 Å². The van der Waals surface area contributed by atoms with E-state index in [9.17, 15) is 9.59 Å². The predicted molar refractivity (Wildman–Crippen MR) is 105 cm³/mol. The van der Waals surface area contributed by atoms with E-state index in [-0.39, 0.29) is 0 Å². The highest BCUT2D eigenvalue weighted by molar-refractivity contribution is 6.35. The van der Waals surface area contributed by atoms with Crippen molar-refractivity contribution in [3.05, 3.63) is 58.1 Å². The van der Waals surface area contributed by atoms with E-state index in [4.69, 9.17) is 37.4 Å². The molecule has 0 spiro atoms. The molecule has 0 aliphatic rings. The van der Waals surface area contributed by atoms with Crippen molar-refractivity contribution < 1.29 is 23.8 Å². The van der Waals surface area contributed by atoms with Gasteiger partial charge in [0.15, 0.2) is 6.61 Å². The molecular formula is C19H17Cl2NO5. The maximum Gasteiger partial charge on any atom is 0.331 e. The summed E-state index contributed by atoms with van der Waals surface area (Å²) >= 11 is 11.8. The molecule has 2 rings (SSSR count). The van der Waals surface area contributed by atoms with Crippen molar-refractivity contribution in [2.45, 2.75) is 0 Å². The second-order valence-electron chi connectivity index (χ2n) is 5.26. The number of rotatable bonds is 7. The molecule has 0 aromatic heterocycles. The quantitative estimate of drug-likeness (QED) is 0.547. The van der Waals surface area contributed by atoms with E-state index in [1.165, 1.54) is 32.4 Å². The number of carbonyl (C=O) groups excluding carboxylic acids is 2. The van der Waals surface area contributed by atoms with Crippen molar-refractivity contribution in [1.82, 2.24) is 0 Å². The van der Waals surface area contributed by atoms with Gasteiger partial charge in [-0.2, -0.15) is 0 Å². The van der Waals surface area contributed by atoms with E-state index in [0.717, 1.165) is 0 Å². The standard InChI is InChI=1S/C19H17Cl2NO5/c1-25-14-7-12(8-15(10-14)26-2)3-6-19(24)27-11-18(23)22-17-9-13(20)4-5-16(17)21/h3-10H,11H2,1-2H3,(H,22,23)/b6-3+. The number of methoxy groups -OCH3 is 2. The molecule has 0 aliphatic carbocycles. The van der Waals surface area contributed by atoms with E-state index < -0.39 is 18.5 Å². The molecule has 0 heterocycles. The Hall–Kier alpha value is -2.70. The molecule has 0 unspecified atom stereocenters. The summed E-state index contributed by atoms with van der Waals surface area (Å²) in [6, 6.07) is 9.80. The molecule has 0 saturated heterocycles. The molecule has 8 heteroatoms. The number of hydrogen-bond donors (Lipinski definition) is 1. The Morgan fingerprint density at radius 1 is 1.04 bits per heavy atom. The number of hydrogen-bond acceptors (Lipinski definition) is 5. The molecule has 0 atom stereocenters. The first-order valence-corrected chi connectivity index (χ1v) is 8.49. The van der Waals surface area contributed by atoms with Crippen LogP contribution in [0, 0.1) is 0 Å². The fourth-order valence-corrected chi connectivity index (χ4v) is 2.39. The van der Waals surface area contributed by atoms with Gasteiger partial charge < -0.3 is 19.5 Å². The van der Waals surface area contributed by atoms with Gasteiger partial charge in [-0.25, -0.2) is 4.79 Å². The zero-order valence-electron chi connectivity index (χ0n) is 14.6. The van der Waals surface area contributed by atoms with Gasteiger partial charge in [0.2, 0.25) is 0 Å². The first-order chi connectivity index (χ1) is 12.9. The number of benzene rings is 2. The van der Waals surface area contributed by atoms with Gasteiger partial charge in [-0.1, -0.05) is 23.2 Å². The second kappa shape index (κ2) is 9.85. The molecule has 1 N–H and O–H groups in total. The van der Waals surface area contributed by atoms with Crippen molar-refractivity contribution in [2.75, 3.05) is 26.1 Å². The van der Waals surface area contributed by atoms with Crippen LogP contribution >= 0.6 is 23.2 Å². The molecule has 0 radical (unpaired) electrons. The van der Waals surface area contributed by atoms with Gasteiger partial charge in [0.05, 0.1) is 24.9 Å². The van der Waals surface area contributed by atoms with Crippen molar-refractivity contribution in [3.63, 3.8) is 0 Å². The SMILES string of the molecule is COc1cc(/C=C/C(=O)OCC(=O)Nc2cc(Cl)ccc2Cl)cc(OC)c1. The Morgan fingerprint density at radius 3 is 2.33 bits per heavy atom. The van der Waals surface area contributed by atoms with E-state index >= 15 is 0 Å². The first-order valence-electron chi connectivity index (χ1n) is 7.74. The van der Waals surface area contributed by atoms with Crippen LogP contribution in [0.25, 0.3) is 6.08 Å². The van der Waals surface area contributed by atoms with Crippen molar-refractivity contribution in [3.8, 4) is 11.5 Å². The Kier molecular flexibility index (Phi) is 7.52. The summed E-state index contributed by atoms with van der Waals surface area (Å²) in [5.74, 6) is -0.0478. The van der Waals surface area contributed by atoms with Crippen LogP contribution in [-0.2, 0) is 14.3 Å². The average molecular weight is 410 g/mol. The maximum atomic E-state index is 11.9. The number of carbonyl (C=O) groups is 2. The van der Waals surface area contributed by atoms with Gasteiger partial charge in [0.25, 0.3) is 5.91 Å². The zero-order chi connectivity index (χ0) is 19.8. The van der Waals surface area contributed by atoms with Crippen molar-refractivity contribution in [1.29, 1.82) is 0 Å². The van der Waals surface area contributed by atoms with Crippen LogP contribution in [0.3, 0.4) is 0 Å². The van der Waals surface area contributed by atoms with Crippen LogP contribution in [0.15, 0.2) is 42.5 Å². The topological polar surface area (TPSA) is 73.9 Å². The highest BCUT2D eigenvalue weighted by atomic mass is 35.5. The summed E-state index contributed by atoms with van der Waals surface area (Å²) in [7, 11) is 3.06. The summed E-state index contributed by atoms with van der Waals surface area (Å²) in [4.78, 5) is 23.7. The summed E-state index contributed by atoms with van der Waals surface area (Å²) in [6.45, 7) is -0.465. The van der Waals surface area contributed by atoms with Gasteiger partial charge in [0, 0.05) is 17.2 Å². The molecule has 0 saturated carbocycles. The molecular weight excluding hydrogens is 393 g/mol. The zero-order valence-corrected chi connectivity index (χ0v) is 16.1.